The second-order valence-electron chi connectivity index (χ2n) is 8.06. The molecule has 0 bridgehead atoms. The van der Waals surface area contributed by atoms with Gasteiger partial charge in [0.25, 0.3) is 0 Å². The number of likely N-dealkylation sites (tertiary alicyclic amines) is 1. The minimum atomic E-state index is 0. The van der Waals surface area contributed by atoms with Gasteiger partial charge < -0.3 is 29.3 Å². The zero-order valence-electron chi connectivity index (χ0n) is 19.5. The molecule has 31 heavy (non-hydrogen) atoms. The van der Waals surface area contributed by atoms with Crippen molar-refractivity contribution in [2.75, 3.05) is 81.3 Å². The number of halogens is 1. The first-order valence-corrected chi connectivity index (χ1v) is 10.7. The quantitative estimate of drug-likeness (QED) is 0.318. The number of hydrogen-bond donors (Lipinski definition) is 1. The molecule has 9 heteroatoms. The average Bonchev–Trinajstić information content (AvgIpc) is 3.26. The van der Waals surface area contributed by atoms with Crippen molar-refractivity contribution in [3.63, 3.8) is 0 Å². The summed E-state index contributed by atoms with van der Waals surface area (Å²) in [6.45, 7) is 6.57. The maximum atomic E-state index is 5.50. The van der Waals surface area contributed by atoms with E-state index in [1.54, 1.807) is 14.2 Å². The lowest BCUT2D eigenvalue weighted by Gasteiger charge is -2.32. The Balaban J connectivity index is 0.00000341. The molecule has 1 N–H and O–H groups in total. The first-order chi connectivity index (χ1) is 14.6. The van der Waals surface area contributed by atoms with Gasteiger partial charge in [-0.1, -0.05) is 6.07 Å². The van der Waals surface area contributed by atoms with Gasteiger partial charge in [0.05, 0.1) is 33.5 Å². The van der Waals surface area contributed by atoms with Crippen LogP contribution in [0.25, 0.3) is 0 Å². The summed E-state index contributed by atoms with van der Waals surface area (Å²) in [5.74, 6) is 2.46. The molecule has 2 atom stereocenters. The lowest BCUT2D eigenvalue weighted by Crippen LogP contribution is -2.47. The lowest BCUT2D eigenvalue weighted by molar-refractivity contribution is 0.0195. The highest BCUT2D eigenvalue weighted by Gasteiger charge is 2.30. The Morgan fingerprint density at radius 2 is 1.90 bits per heavy atom. The topological polar surface area (TPSA) is 61.8 Å². The van der Waals surface area contributed by atoms with Crippen LogP contribution in [-0.2, 0) is 4.74 Å². The molecule has 2 heterocycles. The molecular formula is C22H38IN5O3. The van der Waals surface area contributed by atoms with Crippen molar-refractivity contribution >= 4 is 29.9 Å². The molecule has 0 aromatic heterocycles. The van der Waals surface area contributed by atoms with Crippen LogP contribution in [-0.4, -0.2) is 108 Å². The number of benzene rings is 1. The van der Waals surface area contributed by atoms with Crippen LogP contribution in [0.1, 0.15) is 18.0 Å². The summed E-state index contributed by atoms with van der Waals surface area (Å²) < 4.78 is 16.4. The van der Waals surface area contributed by atoms with E-state index in [1.807, 2.05) is 13.1 Å². The molecule has 2 saturated heterocycles. The average molecular weight is 547 g/mol. The highest BCUT2D eigenvalue weighted by atomic mass is 127. The number of likely N-dealkylation sites (N-methyl/N-ethyl adjacent to an activating group) is 1. The molecule has 0 aliphatic carbocycles. The van der Waals surface area contributed by atoms with E-state index in [0.29, 0.717) is 6.04 Å². The van der Waals surface area contributed by atoms with Gasteiger partial charge in [0.2, 0.25) is 0 Å². The van der Waals surface area contributed by atoms with Crippen molar-refractivity contribution in [2.24, 2.45) is 4.99 Å². The molecule has 2 unspecified atom stereocenters. The Bertz CT molecular complexity index is 712. The summed E-state index contributed by atoms with van der Waals surface area (Å²) >= 11 is 0. The molecule has 2 aliphatic rings. The smallest absolute Gasteiger partial charge is 0.193 e. The Morgan fingerprint density at radius 3 is 2.52 bits per heavy atom. The lowest BCUT2D eigenvalue weighted by atomic mass is 10.1. The molecule has 0 saturated carbocycles. The molecule has 1 aromatic rings. The summed E-state index contributed by atoms with van der Waals surface area (Å²) in [4.78, 5) is 11.7. The summed E-state index contributed by atoms with van der Waals surface area (Å²) in [5, 5.41) is 3.60. The van der Waals surface area contributed by atoms with Gasteiger partial charge in [0.15, 0.2) is 17.5 Å². The number of nitrogens with zero attached hydrogens (tertiary/aromatic N) is 4. The van der Waals surface area contributed by atoms with E-state index in [9.17, 15) is 0 Å². The van der Waals surface area contributed by atoms with Gasteiger partial charge in [-0.25, -0.2) is 0 Å². The van der Waals surface area contributed by atoms with E-state index in [0.717, 1.165) is 63.4 Å². The number of aliphatic imine (C=N–C) groups is 1. The van der Waals surface area contributed by atoms with Gasteiger partial charge >= 0.3 is 0 Å². The van der Waals surface area contributed by atoms with Crippen molar-refractivity contribution in [2.45, 2.75) is 18.5 Å². The van der Waals surface area contributed by atoms with E-state index in [2.05, 4.69) is 51.2 Å². The van der Waals surface area contributed by atoms with E-state index in [-0.39, 0.29) is 30.0 Å². The zero-order chi connectivity index (χ0) is 21.5. The fraction of sp³-hybridized carbons (Fsp3) is 0.682. The maximum Gasteiger partial charge on any atom is 0.193 e. The Hall–Kier alpha value is -1.30. The zero-order valence-corrected chi connectivity index (χ0v) is 21.8. The van der Waals surface area contributed by atoms with Crippen LogP contribution in [0.5, 0.6) is 11.5 Å². The highest BCUT2D eigenvalue weighted by Crippen LogP contribution is 2.31. The molecule has 0 spiro atoms. The number of nitrogens with one attached hydrogen (secondary N) is 1. The normalized spacial score (nSPS) is 21.0. The standard InChI is InChI=1S/C22H37N5O3.HI/c1-23-22(27-9-8-18(16-27)26-10-12-30-13-11-26)24-15-19(25(2)3)17-6-7-20(28-4)21(14-17)29-5;/h6-7,14,18-19H,8-13,15-16H2,1-5H3,(H,23,24);1H. The van der Waals surface area contributed by atoms with E-state index >= 15 is 0 Å². The molecule has 2 fully saturated rings. The number of guanidine groups is 1. The number of ether oxygens (including phenoxy) is 3. The van der Waals surface area contributed by atoms with E-state index in [4.69, 9.17) is 14.2 Å². The van der Waals surface area contributed by atoms with Crippen LogP contribution in [0.2, 0.25) is 0 Å². The second kappa shape index (κ2) is 12.7. The van der Waals surface area contributed by atoms with Crippen LogP contribution in [0, 0.1) is 0 Å². The van der Waals surface area contributed by atoms with Crippen molar-refractivity contribution in [1.29, 1.82) is 0 Å². The minimum Gasteiger partial charge on any atom is -0.493 e. The second-order valence-corrected chi connectivity index (χ2v) is 8.06. The van der Waals surface area contributed by atoms with Gasteiger partial charge in [0, 0.05) is 45.8 Å². The SMILES string of the molecule is CN=C(NCC(c1ccc(OC)c(OC)c1)N(C)C)N1CCC(N2CCOCC2)C1.I. The number of methoxy groups -OCH3 is 2. The maximum absolute atomic E-state index is 5.50. The molecule has 0 amide bonds. The highest BCUT2D eigenvalue weighted by molar-refractivity contribution is 14.0. The van der Waals surface area contributed by atoms with E-state index < -0.39 is 0 Å². The predicted octanol–water partition coefficient (Wildman–Crippen LogP) is 1.91. The summed E-state index contributed by atoms with van der Waals surface area (Å²) in [5.41, 5.74) is 1.17. The molecule has 3 rings (SSSR count). The molecule has 2 aliphatic heterocycles. The van der Waals surface area contributed by atoms with Crippen molar-refractivity contribution in [3.8, 4) is 11.5 Å². The molecule has 0 radical (unpaired) electrons. The van der Waals surface area contributed by atoms with Gasteiger partial charge in [-0.3, -0.25) is 9.89 Å². The number of hydrogen-bond acceptors (Lipinski definition) is 6. The largest absolute Gasteiger partial charge is 0.493 e. The fourth-order valence-corrected chi connectivity index (χ4v) is 4.35. The van der Waals surface area contributed by atoms with Crippen LogP contribution in [0.3, 0.4) is 0 Å². The van der Waals surface area contributed by atoms with Gasteiger partial charge in [-0.15, -0.1) is 24.0 Å². The number of rotatable bonds is 7. The molecular weight excluding hydrogens is 509 g/mol. The van der Waals surface area contributed by atoms with Crippen molar-refractivity contribution < 1.29 is 14.2 Å². The number of morpholine rings is 1. The van der Waals surface area contributed by atoms with Crippen molar-refractivity contribution in [1.82, 2.24) is 20.0 Å². The third-order valence-corrected chi connectivity index (χ3v) is 6.11. The monoisotopic (exact) mass is 547 g/mol. The molecule has 8 nitrogen and oxygen atoms in total. The summed E-state index contributed by atoms with van der Waals surface area (Å²) in [7, 11) is 9.38. The Morgan fingerprint density at radius 1 is 1.19 bits per heavy atom. The summed E-state index contributed by atoms with van der Waals surface area (Å²) in [6.07, 6.45) is 1.17. The third-order valence-electron chi connectivity index (χ3n) is 6.11. The van der Waals surface area contributed by atoms with Crippen LogP contribution in [0.4, 0.5) is 0 Å². The van der Waals surface area contributed by atoms with E-state index in [1.165, 1.54) is 12.0 Å². The van der Waals surface area contributed by atoms with Crippen LogP contribution < -0.4 is 14.8 Å². The molecule has 1 aromatic carbocycles. The van der Waals surface area contributed by atoms with Crippen molar-refractivity contribution in [3.05, 3.63) is 23.8 Å². The minimum absolute atomic E-state index is 0. The van der Waals surface area contributed by atoms with Gasteiger partial charge in [-0.2, -0.15) is 0 Å². The van der Waals surface area contributed by atoms with Crippen LogP contribution in [0.15, 0.2) is 23.2 Å². The molecule has 176 valence electrons. The fourth-order valence-electron chi connectivity index (χ4n) is 4.35. The van der Waals surface area contributed by atoms with Crippen LogP contribution >= 0.6 is 24.0 Å². The Labute approximate surface area is 203 Å². The third kappa shape index (κ3) is 6.59. The first kappa shape index (κ1) is 26.0. The van der Waals surface area contributed by atoms with Gasteiger partial charge in [-0.05, 0) is 38.2 Å². The Kier molecular flexibility index (Phi) is 10.6. The first-order valence-electron chi connectivity index (χ1n) is 10.7. The summed E-state index contributed by atoms with van der Waals surface area (Å²) in [6, 6.07) is 6.88. The van der Waals surface area contributed by atoms with Gasteiger partial charge in [0.1, 0.15) is 0 Å². The predicted molar refractivity (Wildman–Crippen MR) is 135 cm³/mol.